The zero-order chi connectivity index (χ0) is 44.9. The van der Waals surface area contributed by atoms with E-state index in [0.29, 0.717) is 0 Å². The zero-order valence-electron chi connectivity index (χ0n) is 38.2. The molecule has 0 saturated carbocycles. The summed E-state index contributed by atoms with van der Waals surface area (Å²) in [7, 11) is 6.34. The number of para-hydroxylation sites is 8. The molecule has 4 nitrogen and oxygen atoms in total. The van der Waals surface area contributed by atoms with Gasteiger partial charge in [0, 0.05) is 87.6 Å². The lowest BCUT2D eigenvalue weighted by Gasteiger charge is -2.40. The average molecular weight is 845 g/mol. The summed E-state index contributed by atoms with van der Waals surface area (Å²) in [6.45, 7) is 6.73. The van der Waals surface area contributed by atoms with Crippen LogP contribution in [-0.2, 0) is 12.5 Å². The number of aromatic nitrogens is 2. The van der Waals surface area contributed by atoms with Crippen molar-refractivity contribution in [2.24, 2.45) is 7.05 Å². The van der Waals surface area contributed by atoms with E-state index >= 15 is 0 Å². The minimum absolute atomic E-state index is 0.0830. The molecule has 1 aliphatic rings. The SMILES string of the molecule is CN(c1ccccc1)c1ccccc1.CN1c2ccccc2C(C)(C)c2ccccc21.Cc1ccc(-n2c3ccccc3c3ccccc32)cc1.Cn1c2ccccc2c2ccccc21. The van der Waals surface area contributed by atoms with Crippen molar-refractivity contribution in [2.75, 3.05) is 23.9 Å². The van der Waals surface area contributed by atoms with Gasteiger partial charge in [-0.2, -0.15) is 0 Å². The lowest BCUT2D eigenvalue weighted by atomic mass is 9.74. The summed E-state index contributed by atoms with van der Waals surface area (Å²) in [6, 6.07) is 81.0. The Morgan fingerprint density at radius 2 is 0.708 bits per heavy atom. The van der Waals surface area contributed by atoms with Crippen LogP contribution in [0.2, 0.25) is 0 Å². The van der Waals surface area contributed by atoms with E-state index in [0.717, 1.165) is 0 Å². The maximum atomic E-state index is 2.34. The van der Waals surface area contributed by atoms with Gasteiger partial charge in [-0.05, 0) is 90.8 Å². The van der Waals surface area contributed by atoms with Crippen LogP contribution in [0.15, 0.2) is 231 Å². The van der Waals surface area contributed by atoms with E-state index in [2.05, 4.69) is 279 Å². The van der Waals surface area contributed by atoms with Crippen LogP contribution in [-0.4, -0.2) is 23.2 Å². The maximum absolute atomic E-state index is 2.34. The van der Waals surface area contributed by atoms with Crippen LogP contribution in [0.3, 0.4) is 0 Å². The molecule has 0 spiro atoms. The predicted molar refractivity (Wildman–Crippen MR) is 280 cm³/mol. The number of fused-ring (bicyclic) bond motifs is 8. The second kappa shape index (κ2) is 18.5. The largest absolute Gasteiger partial charge is 0.345 e. The van der Waals surface area contributed by atoms with Crippen molar-refractivity contribution >= 4 is 66.4 Å². The molecule has 0 aliphatic carbocycles. The van der Waals surface area contributed by atoms with Crippen molar-refractivity contribution in [1.82, 2.24) is 9.13 Å². The average Bonchev–Trinajstić information content (AvgIpc) is 3.86. The van der Waals surface area contributed by atoms with Crippen LogP contribution in [0, 0.1) is 6.92 Å². The molecule has 12 rings (SSSR count). The molecule has 0 unspecified atom stereocenters. The predicted octanol–water partition coefficient (Wildman–Crippen LogP) is 16.0. The van der Waals surface area contributed by atoms with Crippen molar-refractivity contribution < 1.29 is 0 Å². The van der Waals surface area contributed by atoms with Gasteiger partial charge in [0.05, 0.1) is 11.0 Å². The molecule has 0 saturated heterocycles. The monoisotopic (exact) mass is 844 g/mol. The first-order chi connectivity index (χ1) is 31.7. The van der Waals surface area contributed by atoms with E-state index in [4.69, 9.17) is 0 Å². The molecule has 2 aromatic heterocycles. The van der Waals surface area contributed by atoms with Gasteiger partial charge in [0.15, 0.2) is 0 Å². The molecule has 4 heteroatoms. The van der Waals surface area contributed by atoms with Crippen molar-refractivity contribution in [3.63, 3.8) is 0 Å². The molecule has 0 N–H and O–H groups in total. The van der Waals surface area contributed by atoms with Crippen LogP contribution in [0.4, 0.5) is 22.7 Å². The van der Waals surface area contributed by atoms with Crippen LogP contribution in [0.1, 0.15) is 30.5 Å². The Balaban J connectivity index is 0.000000111. The molecule has 0 fully saturated rings. The number of anilines is 4. The highest BCUT2D eigenvalue weighted by molar-refractivity contribution is 6.09. The highest BCUT2D eigenvalue weighted by Gasteiger charge is 2.34. The molecule has 320 valence electrons. The van der Waals surface area contributed by atoms with Gasteiger partial charge >= 0.3 is 0 Å². The maximum Gasteiger partial charge on any atom is 0.0541 e. The first-order valence-corrected chi connectivity index (χ1v) is 22.5. The van der Waals surface area contributed by atoms with E-state index < -0.39 is 0 Å². The standard InChI is InChI=1S/C19H15N.C16H17N.C13H11N.C13H13N/c1-14-10-12-15(13-11-14)20-18-8-4-2-6-16(18)17-7-3-5-9-19(17)20;1-16(2)12-8-4-6-10-14(12)17(3)15-11-7-5-9-13(15)16;1-14-12-8-4-2-6-10(12)11-7-3-5-9-13(11)14;1-14(12-8-4-2-5-9-12)13-10-6-3-7-11-13/h2-13H,1H3;4-11H,1-3H3;2-9H,1H3;2-11H,1H3. The van der Waals surface area contributed by atoms with Gasteiger partial charge in [-0.15, -0.1) is 0 Å². The summed E-state index contributed by atoms with van der Waals surface area (Å²) in [4.78, 5) is 4.45. The van der Waals surface area contributed by atoms with Gasteiger partial charge in [-0.3, -0.25) is 0 Å². The quantitative estimate of drug-likeness (QED) is 0.176. The molecular formula is C61H56N4. The summed E-state index contributed by atoms with van der Waals surface area (Å²) < 4.78 is 4.58. The van der Waals surface area contributed by atoms with Gasteiger partial charge in [0.25, 0.3) is 0 Å². The molecule has 1 aliphatic heterocycles. The lowest BCUT2D eigenvalue weighted by molar-refractivity contribution is 0.629. The van der Waals surface area contributed by atoms with Gasteiger partial charge in [-0.1, -0.05) is 177 Å². The molecule has 11 aromatic rings. The number of hydrogen-bond donors (Lipinski definition) is 0. The Morgan fingerprint density at radius 1 is 0.369 bits per heavy atom. The number of nitrogens with zero attached hydrogens (tertiary/aromatic N) is 4. The van der Waals surface area contributed by atoms with Crippen molar-refractivity contribution in [1.29, 1.82) is 0 Å². The minimum atomic E-state index is 0.0830. The lowest BCUT2D eigenvalue weighted by Crippen LogP contribution is -2.30. The topological polar surface area (TPSA) is 16.3 Å². The van der Waals surface area contributed by atoms with Crippen LogP contribution in [0.5, 0.6) is 0 Å². The normalized spacial score (nSPS) is 12.2. The summed E-state index contributed by atoms with van der Waals surface area (Å²) in [5.41, 5.74) is 15.6. The van der Waals surface area contributed by atoms with Gasteiger partial charge in [0.1, 0.15) is 0 Å². The van der Waals surface area contributed by atoms with Crippen LogP contribution in [0.25, 0.3) is 49.3 Å². The molecule has 0 atom stereocenters. The number of rotatable bonds is 3. The Hall–Kier alpha value is -7.82. The van der Waals surface area contributed by atoms with E-state index in [-0.39, 0.29) is 5.41 Å². The van der Waals surface area contributed by atoms with E-state index in [9.17, 15) is 0 Å². The van der Waals surface area contributed by atoms with Crippen molar-refractivity contribution in [2.45, 2.75) is 26.2 Å². The van der Waals surface area contributed by atoms with Gasteiger partial charge in [0.2, 0.25) is 0 Å². The molecule has 0 radical (unpaired) electrons. The second-order valence-corrected chi connectivity index (χ2v) is 17.2. The fourth-order valence-corrected chi connectivity index (χ4v) is 9.33. The first-order valence-electron chi connectivity index (χ1n) is 22.5. The molecule has 0 bridgehead atoms. The summed E-state index contributed by atoms with van der Waals surface area (Å²) in [6.07, 6.45) is 0. The third-order valence-electron chi connectivity index (χ3n) is 12.9. The van der Waals surface area contributed by atoms with E-state index in [1.54, 1.807) is 0 Å². The van der Waals surface area contributed by atoms with Crippen molar-refractivity contribution in [3.8, 4) is 5.69 Å². The van der Waals surface area contributed by atoms with Crippen LogP contribution >= 0.6 is 0 Å². The molecule has 0 amide bonds. The second-order valence-electron chi connectivity index (χ2n) is 17.2. The minimum Gasteiger partial charge on any atom is -0.345 e. The fraction of sp³-hybridized carbons (Fsp3) is 0.115. The highest BCUT2D eigenvalue weighted by atomic mass is 15.1. The smallest absolute Gasteiger partial charge is 0.0541 e. The number of hydrogen-bond acceptors (Lipinski definition) is 2. The van der Waals surface area contributed by atoms with E-state index in [1.165, 1.54) is 88.7 Å². The Kier molecular flexibility index (Phi) is 12.1. The number of benzene rings is 9. The van der Waals surface area contributed by atoms with Gasteiger partial charge < -0.3 is 18.9 Å². The van der Waals surface area contributed by atoms with Crippen LogP contribution < -0.4 is 9.80 Å². The Bertz CT molecular complexity index is 3150. The first kappa shape index (κ1) is 42.5. The molecule has 65 heavy (non-hydrogen) atoms. The van der Waals surface area contributed by atoms with E-state index in [1.807, 2.05) is 12.1 Å². The van der Waals surface area contributed by atoms with Crippen molar-refractivity contribution in [3.05, 3.63) is 247 Å². The summed E-state index contributed by atoms with van der Waals surface area (Å²) in [5, 5.41) is 5.29. The third kappa shape index (κ3) is 8.39. The Morgan fingerprint density at radius 3 is 1.14 bits per heavy atom. The molecular weight excluding hydrogens is 789 g/mol. The summed E-state index contributed by atoms with van der Waals surface area (Å²) >= 11 is 0. The summed E-state index contributed by atoms with van der Waals surface area (Å²) in [5.74, 6) is 0. The molecule has 9 aromatic carbocycles. The Labute approximate surface area is 383 Å². The third-order valence-corrected chi connectivity index (χ3v) is 12.9. The highest BCUT2D eigenvalue weighted by Crippen LogP contribution is 2.47. The zero-order valence-corrected chi connectivity index (χ0v) is 38.2. The number of aryl methyl sites for hydroxylation is 2. The van der Waals surface area contributed by atoms with Gasteiger partial charge in [-0.25, -0.2) is 0 Å². The fourth-order valence-electron chi connectivity index (χ4n) is 9.33. The molecule has 3 heterocycles.